The molecule has 8 heteroatoms. The lowest BCUT2D eigenvalue weighted by molar-refractivity contribution is 0.632. The lowest BCUT2D eigenvalue weighted by atomic mass is 9.93. The molecule has 1 aliphatic rings. The Morgan fingerprint density at radius 3 is 2.58 bits per heavy atom. The van der Waals surface area contributed by atoms with Crippen LogP contribution in [0.5, 0.6) is 0 Å². The molecule has 0 atom stereocenters. The number of benzene rings is 3. The van der Waals surface area contributed by atoms with Crippen molar-refractivity contribution in [3.63, 3.8) is 0 Å². The minimum absolute atomic E-state index is 0.224. The van der Waals surface area contributed by atoms with Crippen LogP contribution in [0.25, 0.3) is 10.9 Å². The van der Waals surface area contributed by atoms with E-state index in [-0.39, 0.29) is 11.8 Å². The Kier molecular flexibility index (Phi) is 6.49. The molecule has 1 aromatic heterocycles. The highest BCUT2D eigenvalue weighted by molar-refractivity contribution is 9.10. The van der Waals surface area contributed by atoms with Crippen LogP contribution in [-0.4, -0.2) is 16.2 Å². The van der Waals surface area contributed by atoms with Crippen molar-refractivity contribution in [2.45, 2.75) is 25.8 Å². The number of aromatic nitrogens is 1. The number of nitrogens with one attached hydrogen (secondary N) is 3. The number of anilines is 2. The first kappa shape index (κ1) is 23.6. The average Bonchev–Trinajstić information content (AvgIpc) is 3.17. The summed E-state index contributed by atoms with van der Waals surface area (Å²) in [5, 5.41) is 16.1. The number of aryl methyl sites for hydroxylation is 1. The highest BCUT2D eigenvalue weighted by Gasteiger charge is 2.26. The van der Waals surface area contributed by atoms with E-state index in [9.17, 15) is 0 Å². The Balaban J connectivity index is 1.65. The van der Waals surface area contributed by atoms with Crippen LogP contribution in [0.2, 0.25) is 0 Å². The van der Waals surface area contributed by atoms with Crippen LogP contribution in [0.4, 0.5) is 15.8 Å². The molecular weight excluding hydrogens is 519 g/mol. The van der Waals surface area contributed by atoms with Crippen molar-refractivity contribution in [3.8, 4) is 12.3 Å². The van der Waals surface area contributed by atoms with Crippen LogP contribution < -0.4 is 16.5 Å². The van der Waals surface area contributed by atoms with Gasteiger partial charge in [0.05, 0.1) is 22.6 Å². The fraction of sp³-hybridized carbons (Fsp3) is 0.143. The number of fused-ring (bicyclic) bond motifs is 3. The fourth-order valence-corrected chi connectivity index (χ4v) is 4.91. The van der Waals surface area contributed by atoms with Crippen molar-refractivity contribution in [2.24, 2.45) is 10.8 Å². The van der Waals surface area contributed by atoms with Gasteiger partial charge in [0.2, 0.25) is 5.96 Å². The number of hydrogen-bond donors (Lipinski definition) is 4. The van der Waals surface area contributed by atoms with Crippen molar-refractivity contribution in [1.29, 1.82) is 5.41 Å². The van der Waals surface area contributed by atoms with Gasteiger partial charge in [0.15, 0.2) is 0 Å². The Labute approximate surface area is 217 Å². The van der Waals surface area contributed by atoms with Gasteiger partial charge in [-0.05, 0) is 72.9 Å². The molecular formula is C28H24BrFN6. The first-order chi connectivity index (χ1) is 17.4. The van der Waals surface area contributed by atoms with Crippen molar-refractivity contribution >= 4 is 49.9 Å². The Morgan fingerprint density at radius 2 is 1.89 bits per heavy atom. The maximum atomic E-state index is 15.4. The summed E-state index contributed by atoms with van der Waals surface area (Å²) in [5.74, 6) is 2.02. The second-order valence-corrected chi connectivity index (χ2v) is 9.59. The number of nitrogens with two attached hydrogens (primary N) is 1. The van der Waals surface area contributed by atoms with E-state index in [0.717, 1.165) is 68.4 Å². The number of hydrazone groups is 1. The molecule has 0 unspecified atom stereocenters. The van der Waals surface area contributed by atoms with Crippen LogP contribution in [0.1, 0.15) is 35.2 Å². The summed E-state index contributed by atoms with van der Waals surface area (Å²) in [7, 11) is 0. The molecule has 0 aliphatic heterocycles. The molecule has 0 saturated carbocycles. The molecule has 5 N–H and O–H groups in total. The fourth-order valence-electron chi connectivity index (χ4n) is 4.65. The molecule has 3 aromatic carbocycles. The molecule has 0 amide bonds. The van der Waals surface area contributed by atoms with E-state index in [1.807, 2.05) is 54.6 Å². The van der Waals surface area contributed by atoms with E-state index in [1.54, 1.807) is 6.07 Å². The minimum atomic E-state index is -0.351. The summed E-state index contributed by atoms with van der Waals surface area (Å²) in [6.07, 6.45) is 7.93. The van der Waals surface area contributed by atoms with Gasteiger partial charge < -0.3 is 15.6 Å². The molecule has 0 fully saturated rings. The first-order valence-electron chi connectivity index (χ1n) is 11.5. The van der Waals surface area contributed by atoms with Gasteiger partial charge >= 0.3 is 0 Å². The van der Waals surface area contributed by atoms with E-state index >= 15 is 4.39 Å². The topological polar surface area (TPSA) is 91.2 Å². The molecule has 36 heavy (non-hydrogen) atoms. The highest BCUT2D eigenvalue weighted by atomic mass is 79.9. The summed E-state index contributed by atoms with van der Waals surface area (Å²) in [5.41, 5.74) is 14.7. The molecule has 6 nitrogen and oxygen atoms in total. The molecule has 4 aromatic rings. The predicted molar refractivity (Wildman–Crippen MR) is 147 cm³/mol. The Morgan fingerprint density at radius 1 is 1.14 bits per heavy atom. The van der Waals surface area contributed by atoms with Crippen molar-refractivity contribution < 1.29 is 4.39 Å². The second-order valence-electron chi connectivity index (χ2n) is 8.67. The second kappa shape index (κ2) is 9.88. The number of halogens is 2. The van der Waals surface area contributed by atoms with Crippen molar-refractivity contribution in [3.05, 3.63) is 93.3 Å². The Bertz CT molecular complexity index is 1530. The van der Waals surface area contributed by atoms with E-state index < -0.39 is 0 Å². The molecule has 0 spiro atoms. The van der Waals surface area contributed by atoms with Gasteiger partial charge in [0.25, 0.3) is 0 Å². The largest absolute Gasteiger partial charge is 0.369 e. The lowest BCUT2D eigenvalue weighted by Gasteiger charge is -2.18. The number of nitrogens with zero attached hydrogens (tertiary/aromatic N) is 2. The number of terminal acetylenes is 1. The summed E-state index contributed by atoms with van der Waals surface area (Å²) in [6.45, 7) is 0.554. The molecule has 180 valence electrons. The minimum Gasteiger partial charge on any atom is -0.369 e. The molecule has 1 aliphatic carbocycles. The molecule has 5 rings (SSSR count). The average molecular weight is 543 g/mol. The number of rotatable bonds is 5. The van der Waals surface area contributed by atoms with E-state index in [0.29, 0.717) is 12.2 Å². The quantitative estimate of drug-likeness (QED) is 0.110. The first-order valence-corrected chi connectivity index (χ1v) is 12.3. The van der Waals surface area contributed by atoms with Crippen LogP contribution >= 0.6 is 15.9 Å². The summed E-state index contributed by atoms with van der Waals surface area (Å²) >= 11 is 3.49. The van der Waals surface area contributed by atoms with Gasteiger partial charge in [-0.2, -0.15) is 5.10 Å². The molecule has 0 radical (unpaired) electrons. The maximum absolute atomic E-state index is 15.4. The standard InChI is InChI=1S/C28H24BrFN6/c1-2-17-8-12-20(13-9-17)33-25-14-22-21-4-3-5-24(34-35-28(31)32)27(21)36(26(22)15-23(25)30)16-18-6-10-19(29)11-7-18/h1,6-15,33H,3-5,16H2,(H4,31,32,35)/b34-24+. The van der Waals surface area contributed by atoms with Gasteiger partial charge in [0, 0.05) is 33.7 Å². The third-order valence-corrected chi connectivity index (χ3v) is 6.80. The zero-order valence-corrected chi connectivity index (χ0v) is 21.0. The predicted octanol–water partition coefficient (Wildman–Crippen LogP) is 5.84. The molecule has 0 saturated heterocycles. The third kappa shape index (κ3) is 4.70. The van der Waals surface area contributed by atoms with Gasteiger partial charge in [-0.25, -0.2) is 9.82 Å². The van der Waals surface area contributed by atoms with E-state index in [1.165, 1.54) is 0 Å². The van der Waals surface area contributed by atoms with Gasteiger partial charge in [0.1, 0.15) is 5.82 Å². The van der Waals surface area contributed by atoms with Crippen LogP contribution in [0.3, 0.4) is 0 Å². The normalized spacial score (nSPS) is 13.9. The smallest absolute Gasteiger partial charge is 0.206 e. The highest BCUT2D eigenvalue weighted by Crippen LogP contribution is 2.36. The maximum Gasteiger partial charge on any atom is 0.206 e. The number of hydrogen-bond acceptors (Lipinski definition) is 3. The number of guanidine groups is 1. The zero-order chi connectivity index (χ0) is 25.2. The van der Waals surface area contributed by atoms with Crippen LogP contribution in [0, 0.1) is 23.6 Å². The van der Waals surface area contributed by atoms with E-state index in [2.05, 4.69) is 42.3 Å². The van der Waals surface area contributed by atoms with Gasteiger partial charge in [-0.1, -0.05) is 34.0 Å². The third-order valence-electron chi connectivity index (χ3n) is 6.27. The van der Waals surface area contributed by atoms with Crippen molar-refractivity contribution in [1.82, 2.24) is 9.99 Å². The SMILES string of the molecule is C#Cc1ccc(Nc2cc3c4c(n(Cc5ccc(Br)cc5)c3cc2F)/C(=N/NC(=N)N)CCC4)cc1. The van der Waals surface area contributed by atoms with E-state index in [4.69, 9.17) is 17.6 Å². The van der Waals surface area contributed by atoms with Gasteiger partial charge in [-0.15, -0.1) is 6.42 Å². The monoisotopic (exact) mass is 542 g/mol. The molecule has 1 heterocycles. The lowest BCUT2D eigenvalue weighted by Crippen LogP contribution is -2.28. The van der Waals surface area contributed by atoms with Gasteiger partial charge in [-0.3, -0.25) is 5.41 Å². The molecule has 0 bridgehead atoms. The van der Waals surface area contributed by atoms with Crippen LogP contribution in [0.15, 0.2) is 70.2 Å². The Hall–Kier alpha value is -4.09. The zero-order valence-electron chi connectivity index (χ0n) is 19.4. The summed E-state index contributed by atoms with van der Waals surface area (Å²) in [4.78, 5) is 0. The summed E-state index contributed by atoms with van der Waals surface area (Å²) < 4.78 is 18.5. The van der Waals surface area contributed by atoms with Crippen molar-refractivity contribution in [2.75, 3.05) is 5.32 Å². The van der Waals surface area contributed by atoms with Crippen LogP contribution in [-0.2, 0) is 13.0 Å². The summed E-state index contributed by atoms with van der Waals surface area (Å²) in [6, 6.07) is 18.8.